The minimum absolute atomic E-state index is 0.0267. The van der Waals surface area contributed by atoms with Crippen molar-refractivity contribution in [3.05, 3.63) is 23.5 Å². The topological polar surface area (TPSA) is 233 Å². The van der Waals surface area contributed by atoms with Gasteiger partial charge in [-0.1, -0.05) is 25.5 Å². The number of carbonyl (C=O) groups excluding carboxylic acids is 1. The Bertz CT molecular complexity index is 2340. The second-order valence-corrected chi connectivity index (χ2v) is 26.9. The van der Waals surface area contributed by atoms with Crippen LogP contribution in [-0.4, -0.2) is 211 Å². The lowest BCUT2D eigenvalue weighted by Gasteiger charge is -2.59. The Morgan fingerprint density at radius 1 is 0.647 bits per heavy atom. The van der Waals surface area contributed by atoms with Gasteiger partial charge in [-0.2, -0.15) is 0 Å². The highest BCUT2D eigenvalue weighted by atomic mass is 16.9. The van der Waals surface area contributed by atoms with E-state index in [0.717, 1.165) is 44.9 Å². The van der Waals surface area contributed by atoms with Gasteiger partial charge < -0.3 is 100 Å². The molecule has 7 heterocycles. The van der Waals surface area contributed by atoms with E-state index in [9.17, 15) is 15.0 Å². The summed E-state index contributed by atoms with van der Waals surface area (Å²) in [7, 11) is 8.00. The molecule has 3 saturated carbocycles. The largest absolute Gasteiger partial charge is 0.493 e. The highest BCUT2D eigenvalue weighted by molar-refractivity contribution is 5.96. The number of methoxy groups -OCH3 is 5. The number of ketones is 1. The van der Waals surface area contributed by atoms with E-state index in [1.54, 1.807) is 41.4 Å². The molecule has 7 aliphatic heterocycles. The van der Waals surface area contributed by atoms with Crippen LogP contribution in [0, 0.1) is 28.6 Å². The van der Waals surface area contributed by atoms with Crippen molar-refractivity contribution < 1.29 is 105 Å². The summed E-state index contributed by atoms with van der Waals surface area (Å²) in [6, 6.07) is 0. The van der Waals surface area contributed by atoms with Crippen LogP contribution < -0.4 is 0 Å². The minimum Gasteiger partial charge on any atom is -0.493 e. The summed E-state index contributed by atoms with van der Waals surface area (Å²) < 4.78 is 120. The average Bonchev–Trinajstić information content (AvgIpc) is 1.75. The fourth-order valence-electron chi connectivity index (χ4n) is 17.4. The molecule has 22 nitrogen and oxygen atoms in total. The molecule has 0 amide bonds. The van der Waals surface area contributed by atoms with Gasteiger partial charge in [-0.15, -0.1) is 0 Å². The Hall–Kier alpha value is -1.85. The maximum Gasteiger partial charge on any atom is 0.288 e. The molecule has 484 valence electrons. The van der Waals surface area contributed by atoms with Crippen molar-refractivity contribution in [2.24, 2.45) is 28.6 Å². The predicted octanol–water partition coefficient (Wildman–Crippen LogP) is 6.65. The van der Waals surface area contributed by atoms with Crippen LogP contribution in [-0.2, 0) is 94.8 Å². The lowest BCUT2D eigenvalue weighted by molar-refractivity contribution is -0.447. The van der Waals surface area contributed by atoms with E-state index in [1.807, 2.05) is 41.5 Å². The summed E-state index contributed by atoms with van der Waals surface area (Å²) in [5, 5.41) is 23.5. The van der Waals surface area contributed by atoms with Crippen LogP contribution >= 0.6 is 0 Å². The number of aliphatic hydroxyl groups excluding tert-OH is 1. The van der Waals surface area contributed by atoms with Gasteiger partial charge in [-0.25, -0.2) is 0 Å². The molecule has 2 N–H and O–H groups in total. The number of hydrogen-bond donors (Lipinski definition) is 2. The Balaban J connectivity index is 0.663. The van der Waals surface area contributed by atoms with Crippen molar-refractivity contribution in [1.29, 1.82) is 0 Å². The number of aliphatic hydroxyl groups is 2. The highest BCUT2D eigenvalue weighted by Crippen LogP contribution is 2.68. The van der Waals surface area contributed by atoms with E-state index in [1.165, 1.54) is 12.7 Å². The average molecular weight is 1210 g/mol. The molecule has 0 aromatic heterocycles. The number of allylic oxidation sites excluding steroid dienone is 1. The van der Waals surface area contributed by atoms with Crippen LogP contribution in [0.4, 0.5) is 0 Å². The number of rotatable bonds is 16. The molecule has 4 aliphatic carbocycles. The van der Waals surface area contributed by atoms with Crippen LogP contribution in [0.1, 0.15) is 146 Å². The lowest BCUT2D eigenvalue weighted by atomic mass is 9.46. The summed E-state index contributed by atoms with van der Waals surface area (Å²) in [6.45, 7) is 18.0. The van der Waals surface area contributed by atoms with E-state index >= 15 is 0 Å². The minimum atomic E-state index is -1.53. The first-order valence-electron chi connectivity index (χ1n) is 31.7. The highest BCUT2D eigenvalue weighted by Gasteiger charge is 2.66. The Labute approximate surface area is 502 Å². The molecule has 0 aromatic carbocycles. The quantitative estimate of drug-likeness (QED) is 0.154. The van der Waals surface area contributed by atoms with Gasteiger partial charge in [0.25, 0.3) is 11.8 Å². The fourth-order valence-corrected chi connectivity index (χ4v) is 17.4. The van der Waals surface area contributed by atoms with E-state index in [4.69, 9.17) is 90.0 Å². The fraction of sp³-hybridized carbons (Fsp3) is 0.921. The van der Waals surface area contributed by atoms with Gasteiger partial charge in [0.15, 0.2) is 37.7 Å². The van der Waals surface area contributed by atoms with E-state index in [-0.39, 0.29) is 48.1 Å². The summed E-state index contributed by atoms with van der Waals surface area (Å²) in [4.78, 5) is 13.0. The second kappa shape index (κ2) is 26.0. The maximum atomic E-state index is 13.0. The third-order valence-corrected chi connectivity index (χ3v) is 22.2. The summed E-state index contributed by atoms with van der Waals surface area (Å²) >= 11 is 0. The molecule has 30 atom stereocenters. The van der Waals surface area contributed by atoms with Gasteiger partial charge in [0.05, 0.1) is 98.5 Å². The molecule has 1 spiro atoms. The Morgan fingerprint density at radius 2 is 1.25 bits per heavy atom. The zero-order valence-corrected chi connectivity index (χ0v) is 52.6. The first kappa shape index (κ1) is 64.7. The van der Waals surface area contributed by atoms with Crippen molar-refractivity contribution in [1.82, 2.24) is 0 Å². The van der Waals surface area contributed by atoms with Crippen molar-refractivity contribution in [2.75, 3.05) is 42.3 Å². The number of ether oxygens (including phenoxy) is 19. The first-order chi connectivity index (χ1) is 40.6. The monoisotopic (exact) mass is 1210 g/mol. The number of fused-ring (bicyclic) bond motifs is 6. The zero-order valence-electron chi connectivity index (χ0n) is 52.6. The maximum absolute atomic E-state index is 13.0. The third kappa shape index (κ3) is 12.4. The van der Waals surface area contributed by atoms with Crippen LogP contribution in [0.5, 0.6) is 0 Å². The second-order valence-electron chi connectivity index (χ2n) is 26.9. The number of hydrogen-bond acceptors (Lipinski definition) is 22. The smallest absolute Gasteiger partial charge is 0.288 e. The van der Waals surface area contributed by atoms with E-state index in [2.05, 4.69) is 19.9 Å². The summed E-state index contributed by atoms with van der Waals surface area (Å²) in [6.07, 6.45) is 0.969. The third-order valence-electron chi connectivity index (χ3n) is 22.2. The van der Waals surface area contributed by atoms with Gasteiger partial charge in [0.2, 0.25) is 6.29 Å². The van der Waals surface area contributed by atoms with Gasteiger partial charge in [-0.3, -0.25) is 4.79 Å². The van der Waals surface area contributed by atoms with Crippen LogP contribution in [0.25, 0.3) is 0 Å². The molecule has 11 rings (SSSR count). The summed E-state index contributed by atoms with van der Waals surface area (Å²) in [5.74, 6) is -0.228. The SMILES string of the molecule is COC1=C[C@@H](C)O[C@@H](O[C@H]2CC[C@@]3(C)C(=CC[C@@H]4[C@@H]3CC[C@@]3(C)[C@H]4CC[C@]3(O)[C@H](C)O[C@H]3C[C@H]4OCO[C@@]5(C[C@@H](OC)[C@H](O[C@H]6C[C@H](OC)[C@H](O[C@H]7C[C@H](OC)[C@H](O[C@H]8C[C@H](OC)[C@H](O)[C@@H](C)O8)[C@@H](C)O7)[C@@H](C)O6)[C@@H](C)O5)O[C@@H]4[C@@H](C)O3)C2)C1=O. The van der Waals surface area contributed by atoms with Crippen LogP contribution in [0.2, 0.25) is 0 Å². The molecule has 0 aromatic rings. The number of Topliss-reactive ketones (excluding diaryl/α,β-unsaturated/α-hetero) is 1. The Kier molecular flexibility index (Phi) is 19.8. The molecule has 85 heavy (non-hydrogen) atoms. The number of carbonyl (C=O) groups is 1. The van der Waals surface area contributed by atoms with Crippen molar-refractivity contribution in [2.45, 2.75) is 299 Å². The molecule has 9 fully saturated rings. The van der Waals surface area contributed by atoms with E-state index < -0.39 is 135 Å². The van der Waals surface area contributed by atoms with Crippen molar-refractivity contribution in [3.63, 3.8) is 0 Å². The molecular formula is C63H100O22. The zero-order chi connectivity index (χ0) is 60.5. The predicted molar refractivity (Wildman–Crippen MR) is 300 cm³/mol. The lowest BCUT2D eigenvalue weighted by Crippen LogP contribution is -2.62. The van der Waals surface area contributed by atoms with Gasteiger partial charge in [0.1, 0.15) is 30.5 Å². The molecule has 11 aliphatic rings. The van der Waals surface area contributed by atoms with Gasteiger partial charge >= 0.3 is 0 Å². The molecule has 0 bridgehead atoms. The molecule has 22 heteroatoms. The van der Waals surface area contributed by atoms with Crippen molar-refractivity contribution in [3.8, 4) is 0 Å². The normalized spacial score (nSPS) is 51.5. The molecule has 0 radical (unpaired) electrons. The van der Waals surface area contributed by atoms with Crippen molar-refractivity contribution >= 4 is 5.78 Å². The van der Waals surface area contributed by atoms with Crippen LogP contribution in [0.3, 0.4) is 0 Å². The molecule has 0 unspecified atom stereocenters. The first-order valence-corrected chi connectivity index (χ1v) is 31.7. The standard InChI is InChI=1S/C63H100O22/c1-31-23-43(67-10)54(65)59(74-31)80-39-17-20-60(8)38(24-39)15-16-40-41(60)18-21-61(9)42(40)19-22-62(61,66)37(7)79-49-28-47-58(35(5)78-49)85-63(73-30-72-47)29-48(71-14)57(36(6)84-63)83-52-27-46(70-13)56(34(4)77-52)82-51-26-45(69-12)55(33(3)76-51)81-50-25-44(68-11)53(64)32(2)75-50/h15,23,31-37,39-42,44-53,55-59,64,66H,16-22,24-30H2,1-14H3/t31-,32-,33-,34-,35-,36-,37+,39+,40-,41+,42+,44+,45+,46+,47-,48-,49+,50+,51+,52+,53-,55-,56-,57-,58-,59+,60+,61+,62+,63-/m1/s1. The van der Waals surface area contributed by atoms with Crippen LogP contribution in [0.15, 0.2) is 23.5 Å². The van der Waals surface area contributed by atoms with Gasteiger partial charge in [0, 0.05) is 59.5 Å². The van der Waals surface area contributed by atoms with E-state index in [0.29, 0.717) is 55.6 Å². The molecular weight excluding hydrogens is 1110 g/mol. The summed E-state index contributed by atoms with van der Waals surface area (Å²) in [5.41, 5.74) is 0.0366. The Morgan fingerprint density at radius 3 is 1.88 bits per heavy atom. The molecule has 6 saturated heterocycles. The van der Waals surface area contributed by atoms with Gasteiger partial charge in [-0.05, 0) is 129 Å².